The first-order valence-corrected chi connectivity index (χ1v) is 7.82. The molecule has 1 N–H and O–H groups in total. The highest BCUT2D eigenvalue weighted by atomic mass is 16.1. The lowest BCUT2D eigenvalue weighted by Crippen LogP contribution is -2.38. The van der Waals surface area contributed by atoms with E-state index in [1.165, 1.54) is 12.0 Å². The summed E-state index contributed by atoms with van der Waals surface area (Å²) in [6, 6.07) is 10.6. The lowest BCUT2D eigenvalue weighted by Gasteiger charge is -2.26. The van der Waals surface area contributed by atoms with E-state index >= 15 is 0 Å². The van der Waals surface area contributed by atoms with Gasteiger partial charge < -0.3 is 10.2 Å². The minimum absolute atomic E-state index is 0.193. The number of hydrogen-bond donors (Lipinski definition) is 1. The topological polar surface area (TPSA) is 32.3 Å². The summed E-state index contributed by atoms with van der Waals surface area (Å²) in [6.45, 7) is 0.674. The van der Waals surface area contributed by atoms with Crippen molar-refractivity contribution in [3.8, 4) is 0 Å². The third-order valence-electron chi connectivity index (χ3n) is 4.89. The summed E-state index contributed by atoms with van der Waals surface area (Å²) in [5, 5.41) is 3.17. The van der Waals surface area contributed by atoms with Gasteiger partial charge in [0.25, 0.3) is 0 Å². The van der Waals surface area contributed by atoms with E-state index in [2.05, 4.69) is 48.6 Å². The number of nitrogens with one attached hydrogen (secondary N) is 1. The van der Waals surface area contributed by atoms with Gasteiger partial charge in [-0.2, -0.15) is 0 Å². The summed E-state index contributed by atoms with van der Waals surface area (Å²) in [4.78, 5) is 14.6. The molecule has 1 aromatic carbocycles. The third kappa shape index (κ3) is 3.03. The first-order valence-electron chi connectivity index (χ1n) is 7.82. The summed E-state index contributed by atoms with van der Waals surface area (Å²) < 4.78 is 0. The van der Waals surface area contributed by atoms with Gasteiger partial charge in [-0.25, -0.2) is 0 Å². The van der Waals surface area contributed by atoms with Crippen LogP contribution in [0.3, 0.4) is 0 Å². The van der Waals surface area contributed by atoms with Gasteiger partial charge >= 0.3 is 0 Å². The molecule has 0 aliphatic heterocycles. The van der Waals surface area contributed by atoms with Crippen LogP contribution in [0.1, 0.15) is 24.4 Å². The SMILES string of the molecule is CN(C)[C@H](CNC(=O)[C@@H]1C[C@H]2C=C[C@H]1C2)c1ccccc1. The Kier molecular flexibility index (Phi) is 4.11. The number of hydrogen-bond acceptors (Lipinski definition) is 2. The number of fused-ring (bicyclic) bond motifs is 2. The highest BCUT2D eigenvalue weighted by molar-refractivity contribution is 5.80. The van der Waals surface area contributed by atoms with E-state index in [4.69, 9.17) is 0 Å². The normalized spacial score (nSPS) is 28.0. The molecule has 2 aliphatic rings. The minimum Gasteiger partial charge on any atom is -0.354 e. The van der Waals surface area contributed by atoms with Gasteiger partial charge in [-0.15, -0.1) is 0 Å². The van der Waals surface area contributed by atoms with E-state index < -0.39 is 0 Å². The molecule has 1 aromatic rings. The number of rotatable bonds is 5. The van der Waals surface area contributed by atoms with Crippen LogP contribution in [0, 0.1) is 17.8 Å². The van der Waals surface area contributed by atoms with Crippen molar-refractivity contribution in [1.29, 1.82) is 0 Å². The fraction of sp³-hybridized carbons (Fsp3) is 0.500. The Morgan fingerprint density at radius 1 is 1.24 bits per heavy atom. The number of nitrogens with zero attached hydrogens (tertiary/aromatic N) is 1. The van der Waals surface area contributed by atoms with Crippen molar-refractivity contribution in [1.82, 2.24) is 10.2 Å². The average molecular weight is 284 g/mol. The molecular weight excluding hydrogens is 260 g/mol. The molecule has 0 aromatic heterocycles. The van der Waals surface area contributed by atoms with Crippen molar-refractivity contribution in [2.75, 3.05) is 20.6 Å². The van der Waals surface area contributed by atoms with Gasteiger partial charge in [0.15, 0.2) is 0 Å². The maximum Gasteiger partial charge on any atom is 0.223 e. The highest BCUT2D eigenvalue weighted by Gasteiger charge is 2.39. The largest absolute Gasteiger partial charge is 0.354 e. The zero-order valence-corrected chi connectivity index (χ0v) is 12.8. The molecular formula is C18H24N2O. The van der Waals surface area contributed by atoms with Crippen LogP contribution in [0.25, 0.3) is 0 Å². The Labute approximate surface area is 127 Å². The second-order valence-electron chi connectivity index (χ2n) is 6.52. The smallest absolute Gasteiger partial charge is 0.223 e. The van der Waals surface area contributed by atoms with Crippen LogP contribution >= 0.6 is 0 Å². The Bertz CT molecular complexity index is 523. The van der Waals surface area contributed by atoms with Crippen LogP contribution in [0.5, 0.6) is 0 Å². The number of amides is 1. The number of likely N-dealkylation sites (N-methyl/N-ethyl adjacent to an activating group) is 1. The van der Waals surface area contributed by atoms with Gasteiger partial charge in [0, 0.05) is 12.5 Å². The summed E-state index contributed by atoms with van der Waals surface area (Å²) in [7, 11) is 4.12. The second-order valence-corrected chi connectivity index (χ2v) is 6.52. The summed E-state index contributed by atoms with van der Waals surface area (Å²) in [6.07, 6.45) is 6.72. The van der Waals surface area contributed by atoms with Crippen LogP contribution in [-0.4, -0.2) is 31.4 Å². The van der Waals surface area contributed by atoms with Crippen LogP contribution in [-0.2, 0) is 4.79 Å². The fourth-order valence-corrected chi connectivity index (χ4v) is 3.68. The molecule has 4 atom stereocenters. The van der Waals surface area contributed by atoms with E-state index in [0.717, 1.165) is 6.42 Å². The Morgan fingerprint density at radius 3 is 2.57 bits per heavy atom. The number of benzene rings is 1. The zero-order valence-electron chi connectivity index (χ0n) is 12.8. The van der Waals surface area contributed by atoms with Crippen LogP contribution < -0.4 is 5.32 Å². The first kappa shape index (κ1) is 14.3. The molecule has 0 unspecified atom stereocenters. The fourth-order valence-electron chi connectivity index (χ4n) is 3.68. The first-order chi connectivity index (χ1) is 10.1. The molecule has 3 nitrogen and oxygen atoms in total. The maximum atomic E-state index is 12.4. The van der Waals surface area contributed by atoms with E-state index in [1.54, 1.807) is 0 Å². The van der Waals surface area contributed by atoms with Crippen LogP contribution in [0.15, 0.2) is 42.5 Å². The molecule has 0 radical (unpaired) electrons. The van der Waals surface area contributed by atoms with Gasteiger partial charge in [-0.05, 0) is 44.3 Å². The molecule has 3 heteroatoms. The summed E-state index contributed by atoms with van der Waals surface area (Å²) >= 11 is 0. The zero-order chi connectivity index (χ0) is 14.8. The molecule has 1 fully saturated rings. The van der Waals surface area contributed by atoms with E-state index in [0.29, 0.717) is 18.4 Å². The van der Waals surface area contributed by atoms with Crippen molar-refractivity contribution >= 4 is 5.91 Å². The quantitative estimate of drug-likeness (QED) is 0.843. The lowest BCUT2D eigenvalue weighted by molar-refractivity contribution is -0.125. The van der Waals surface area contributed by atoms with Gasteiger partial charge in [0.1, 0.15) is 0 Å². The van der Waals surface area contributed by atoms with Gasteiger partial charge in [0.2, 0.25) is 5.91 Å². The molecule has 21 heavy (non-hydrogen) atoms. The van der Waals surface area contributed by atoms with Gasteiger partial charge in [-0.1, -0.05) is 42.5 Å². The molecule has 0 saturated heterocycles. The van der Waals surface area contributed by atoms with Crippen molar-refractivity contribution < 1.29 is 4.79 Å². The maximum absolute atomic E-state index is 12.4. The average Bonchev–Trinajstić information content (AvgIpc) is 3.11. The predicted octanol–water partition coefficient (Wildman–Crippen LogP) is 2.62. The predicted molar refractivity (Wildman–Crippen MR) is 84.7 cm³/mol. The van der Waals surface area contributed by atoms with Crippen LogP contribution in [0.2, 0.25) is 0 Å². The van der Waals surface area contributed by atoms with E-state index in [-0.39, 0.29) is 17.9 Å². The third-order valence-corrected chi connectivity index (χ3v) is 4.89. The molecule has 1 saturated carbocycles. The monoisotopic (exact) mass is 284 g/mol. The highest BCUT2D eigenvalue weighted by Crippen LogP contribution is 2.43. The Morgan fingerprint density at radius 2 is 2.00 bits per heavy atom. The Hall–Kier alpha value is -1.61. The number of carbonyl (C=O) groups is 1. The number of allylic oxidation sites excluding steroid dienone is 2. The standard InChI is InChI=1S/C18H24N2O/c1-20(2)17(14-6-4-3-5-7-14)12-19-18(21)16-11-13-8-9-15(16)10-13/h3-9,13,15-17H,10-12H2,1-2H3,(H,19,21)/t13-,15-,16+,17+/m0/s1. The minimum atomic E-state index is 0.193. The molecule has 0 heterocycles. The molecule has 112 valence electrons. The number of carbonyl (C=O) groups excluding carboxylic acids is 1. The van der Waals surface area contributed by atoms with Crippen LogP contribution in [0.4, 0.5) is 0 Å². The van der Waals surface area contributed by atoms with Crippen molar-refractivity contribution in [2.24, 2.45) is 17.8 Å². The van der Waals surface area contributed by atoms with Gasteiger partial charge in [0.05, 0.1) is 6.04 Å². The molecule has 3 rings (SSSR count). The molecule has 0 spiro atoms. The van der Waals surface area contributed by atoms with E-state index in [9.17, 15) is 4.79 Å². The lowest BCUT2D eigenvalue weighted by atomic mass is 9.92. The van der Waals surface area contributed by atoms with Crippen molar-refractivity contribution in [3.05, 3.63) is 48.0 Å². The molecule has 1 amide bonds. The second kappa shape index (κ2) is 6.02. The molecule has 2 aliphatic carbocycles. The van der Waals surface area contributed by atoms with E-state index in [1.807, 2.05) is 18.2 Å². The molecule has 2 bridgehead atoms. The summed E-state index contributed by atoms with van der Waals surface area (Å²) in [5.41, 5.74) is 1.25. The van der Waals surface area contributed by atoms with Crippen molar-refractivity contribution in [2.45, 2.75) is 18.9 Å². The van der Waals surface area contributed by atoms with Crippen molar-refractivity contribution in [3.63, 3.8) is 0 Å². The Balaban J connectivity index is 1.60. The summed E-state index contributed by atoms with van der Waals surface area (Å²) in [5.74, 6) is 1.54. The van der Waals surface area contributed by atoms with Gasteiger partial charge in [-0.3, -0.25) is 4.79 Å².